The fourth-order valence-corrected chi connectivity index (χ4v) is 6.85. The van der Waals surface area contributed by atoms with Crippen molar-refractivity contribution in [1.29, 1.82) is 0 Å². The zero-order valence-electron chi connectivity index (χ0n) is 17.8. The van der Waals surface area contributed by atoms with Gasteiger partial charge in [-0.05, 0) is 55.4 Å². The number of rotatable bonds is 4. The molecule has 4 atom stereocenters. The van der Waals surface area contributed by atoms with Gasteiger partial charge in [-0.1, -0.05) is 39.3 Å². The highest BCUT2D eigenvalue weighted by Gasteiger charge is 2.68. The van der Waals surface area contributed by atoms with Gasteiger partial charge in [-0.3, -0.25) is 0 Å². The molecular formula is C23H36O4. The Morgan fingerprint density at radius 3 is 2.33 bits per heavy atom. The van der Waals surface area contributed by atoms with Gasteiger partial charge in [-0.15, -0.1) is 0 Å². The summed E-state index contributed by atoms with van der Waals surface area (Å²) in [6.45, 7) is 8.75. The average Bonchev–Trinajstić information content (AvgIpc) is 2.60. The Kier molecular flexibility index (Phi) is 5.05. The number of methoxy groups -OCH3 is 2. The molecule has 0 aromatic heterocycles. The molecule has 3 rings (SSSR count). The number of hydrogen-bond donors (Lipinski definition) is 2. The molecule has 4 nitrogen and oxygen atoms in total. The van der Waals surface area contributed by atoms with Crippen molar-refractivity contribution in [3.8, 4) is 11.5 Å². The van der Waals surface area contributed by atoms with Gasteiger partial charge in [-0.25, -0.2) is 0 Å². The molecule has 1 aromatic carbocycles. The summed E-state index contributed by atoms with van der Waals surface area (Å²) in [5, 5.41) is 22.7. The van der Waals surface area contributed by atoms with Gasteiger partial charge in [0.15, 0.2) is 11.5 Å². The quantitative estimate of drug-likeness (QED) is 0.822. The molecule has 0 aliphatic heterocycles. The minimum absolute atomic E-state index is 0.118. The van der Waals surface area contributed by atoms with Crippen molar-refractivity contribution in [2.45, 2.75) is 70.8 Å². The molecule has 0 heterocycles. The highest BCUT2D eigenvalue weighted by molar-refractivity contribution is 5.53. The molecule has 0 spiro atoms. The van der Waals surface area contributed by atoms with E-state index in [1.54, 1.807) is 14.2 Å². The van der Waals surface area contributed by atoms with Crippen molar-refractivity contribution in [2.75, 3.05) is 20.8 Å². The SMILES string of the molecule is COc1cccc(C2(CO)C(C)(O)CCC3C(C)(C)CCCC32C)c1OC. The summed E-state index contributed by atoms with van der Waals surface area (Å²) >= 11 is 0. The number of hydrogen-bond acceptors (Lipinski definition) is 4. The molecule has 1 aromatic rings. The van der Waals surface area contributed by atoms with E-state index < -0.39 is 11.0 Å². The molecule has 0 bridgehead atoms. The van der Waals surface area contributed by atoms with Gasteiger partial charge in [0.05, 0.1) is 31.8 Å². The van der Waals surface area contributed by atoms with E-state index in [2.05, 4.69) is 20.8 Å². The van der Waals surface area contributed by atoms with Gasteiger partial charge in [0.25, 0.3) is 0 Å². The van der Waals surface area contributed by atoms with Gasteiger partial charge >= 0.3 is 0 Å². The zero-order chi connectivity index (χ0) is 20.1. The first-order chi connectivity index (χ1) is 12.6. The Balaban J connectivity index is 2.33. The van der Waals surface area contributed by atoms with Crippen molar-refractivity contribution >= 4 is 0 Å². The molecule has 2 fully saturated rings. The summed E-state index contributed by atoms with van der Waals surface area (Å²) in [6, 6.07) is 5.81. The maximum atomic E-state index is 11.7. The van der Waals surface area contributed by atoms with E-state index in [0.717, 1.165) is 24.8 Å². The van der Waals surface area contributed by atoms with Gasteiger partial charge in [0.1, 0.15) is 0 Å². The maximum absolute atomic E-state index is 11.7. The minimum Gasteiger partial charge on any atom is -0.493 e. The Labute approximate surface area is 163 Å². The normalized spacial score (nSPS) is 38.1. The molecule has 152 valence electrons. The largest absolute Gasteiger partial charge is 0.493 e. The van der Waals surface area contributed by atoms with Crippen LogP contribution in [0.4, 0.5) is 0 Å². The molecule has 4 unspecified atom stereocenters. The average molecular weight is 377 g/mol. The van der Waals surface area contributed by atoms with E-state index in [9.17, 15) is 10.2 Å². The molecule has 4 heteroatoms. The fraction of sp³-hybridized carbons (Fsp3) is 0.739. The first-order valence-electron chi connectivity index (χ1n) is 10.2. The lowest BCUT2D eigenvalue weighted by Gasteiger charge is -2.67. The third-order valence-corrected chi connectivity index (χ3v) is 8.14. The number of benzene rings is 1. The van der Waals surface area contributed by atoms with E-state index >= 15 is 0 Å². The predicted molar refractivity (Wildman–Crippen MR) is 107 cm³/mol. The third kappa shape index (κ3) is 2.63. The second kappa shape index (κ2) is 6.66. The van der Waals surface area contributed by atoms with Crippen molar-refractivity contribution in [3.05, 3.63) is 23.8 Å². The summed E-state index contributed by atoms with van der Waals surface area (Å²) in [4.78, 5) is 0. The predicted octanol–water partition coefficient (Wildman–Crippen LogP) is 4.31. The van der Waals surface area contributed by atoms with Crippen LogP contribution in [0.15, 0.2) is 18.2 Å². The Bertz CT molecular complexity index is 696. The van der Waals surface area contributed by atoms with Gasteiger partial charge in [0.2, 0.25) is 0 Å². The van der Waals surface area contributed by atoms with Crippen LogP contribution in [0.25, 0.3) is 0 Å². The number of para-hydroxylation sites is 1. The summed E-state index contributed by atoms with van der Waals surface area (Å²) in [7, 11) is 3.26. The standard InChI is InChI=1S/C23H36O4/c1-20(2)12-8-13-21(3)18(20)11-14-22(4,25)23(21,15-24)16-9-7-10-17(26-5)19(16)27-6/h7,9-10,18,24-25H,8,11-15H2,1-6H3. The second-order valence-corrected chi connectivity index (χ2v) is 9.73. The van der Waals surface area contributed by atoms with Crippen molar-refractivity contribution in [2.24, 2.45) is 16.7 Å². The lowest BCUT2D eigenvalue weighted by molar-refractivity contribution is -0.201. The van der Waals surface area contributed by atoms with Crippen molar-refractivity contribution < 1.29 is 19.7 Å². The molecule has 0 radical (unpaired) electrons. The van der Waals surface area contributed by atoms with E-state index in [1.807, 2.05) is 25.1 Å². The molecule has 2 aliphatic rings. The van der Waals surface area contributed by atoms with Crippen LogP contribution in [-0.2, 0) is 5.41 Å². The van der Waals surface area contributed by atoms with Crippen molar-refractivity contribution in [3.63, 3.8) is 0 Å². The van der Waals surface area contributed by atoms with E-state index in [0.29, 0.717) is 23.8 Å². The molecule has 0 saturated heterocycles. The number of fused-ring (bicyclic) bond motifs is 1. The number of aliphatic hydroxyl groups is 2. The topological polar surface area (TPSA) is 58.9 Å². The monoisotopic (exact) mass is 376 g/mol. The fourth-order valence-electron chi connectivity index (χ4n) is 6.85. The Hall–Kier alpha value is -1.26. The lowest BCUT2D eigenvalue weighted by Crippen LogP contribution is -2.69. The first kappa shape index (κ1) is 20.5. The molecule has 2 N–H and O–H groups in total. The third-order valence-electron chi connectivity index (χ3n) is 8.14. The number of ether oxygens (including phenoxy) is 2. The van der Waals surface area contributed by atoms with Crippen LogP contribution in [-0.4, -0.2) is 36.6 Å². The molecule has 2 saturated carbocycles. The van der Waals surface area contributed by atoms with Crippen LogP contribution in [0, 0.1) is 16.7 Å². The molecule has 0 amide bonds. The van der Waals surface area contributed by atoms with Gasteiger partial charge in [-0.2, -0.15) is 0 Å². The summed E-state index contributed by atoms with van der Waals surface area (Å²) in [6.07, 6.45) is 4.91. The van der Waals surface area contributed by atoms with Crippen LogP contribution in [0.3, 0.4) is 0 Å². The summed E-state index contributed by atoms with van der Waals surface area (Å²) < 4.78 is 11.3. The maximum Gasteiger partial charge on any atom is 0.164 e. The van der Waals surface area contributed by atoms with E-state index in [1.165, 1.54) is 6.42 Å². The highest BCUT2D eigenvalue weighted by Crippen LogP contribution is 2.68. The molecular weight excluding hydrogens is 340 g/mol. The van der Waals surface area contributed by atoms with Crippen LogP contribution < -0.4 is 9.47 Å². The van der Waals surface area contributed by atoms with Crippen LogP contribution >= 0.6 is 0 Å². The van der Waals surface area contributed by atoms with Crippen LogP contribution in [0.1, 0.15) is 65.4 Å². The van der Waals surface area contributed by atoms with E-state index in [-0.39, 0.29) is 17.4 Å². The second-order valence-electron chi connectivity index (χ2n) is 9.73. The smallest absolute Gasteiger partial charge is 0.164 e. The minimum atomic E-state index is -1.04. The Morgan fingerprint density at radius 1 is 1.04 bits per heavy atom. The molecule has 2 aliphatic carbocycles. The number of aliphatic hydroxyl groups excluding tert-OH is 1. The molecule has 27 heavy (non-hydrogen) atoms. The lowest BCUT2D eigenvalue weighted by atomic mass is 9.38. The van der Waals surface area contributed by atoms with Crippen molar-refractivity contribution in [1.82, 2.24) is 0 Å². The van der Waals surface area contributed by atoms with Crippen LogP contribution in [0.2, 0.25) is 0 Å². The zero-order valence-corrected chi connectivity index (χ0v) is 17.8. The summed E-state index contributed by atoms with van der Waals surface area (Å²) in [5.74, 6) is 1.68. The highest BCUT2D eigenvalue weighted by atomic mass is 16.5. The van der Waals surface area contributed by atoms with Gasteiger partial charge < -0.3 is 19.7 Å². The van der Waals surface area contributed by atoms with Crippen LogP contribution in [0.5, 0.6) is 11.5 Å². The first-order valence-corrected chi connectivity index (χ1v) is 10.2. The summed E-state index contributed by atoms with van der Waals surface area (Å²) in [5.41, 5.74) is -1.07. The Morgan fingerprint density at radius 2 is 1.74 bits per heavy atom. The van der Waals surface area contributed by atoms with E-state index in [4.69, 9.17) is 9.47 Å². The van der Waals surface area contributed by atoms with Gasteiger partial charge in [0, 0.05) is 5.56 Å².